The van der Waals surface area contributed by atoms with E-state index in [1.807, 2.05) is 30.3 Å². The van der Waals surface area contributed by atoms with Gasteiger partial charge in [0.2, 0.25) is 0 Å². The molecule has 1 heteroatoms. The Bertz CT molecular complexity index is 3130. The Hall–Kier alpha value is -5.37. The Labute approximate surface area is 291 Å². The second-order valence-electron chi connectivity index (χ2n) is 12.2. The van der Waals surface area contributed by atoms with Crippen LogP contribution in [-0.2, 0) is 12.8 Å². The molecule has 9 aromatic rings. The van der Waals surface area contributed by atoms with Crippen molar-refractivity contribution in [2.45, 2.75) is 22.6 Å². The molecule has 0 radical (unpaired) electrons. The van der Waals surface area contributed by atoms with E-state index in [0.717, 1.165) is 27.8 Å². The molecule has 0 nitrogen and oxygen atoms in total. The first-order valence-electron chi connectivity index (χ1n) is 20.2. The summed E-state index contributed by atoms with van der Waals surface area (Å²) in [6, 6.07) is 32.8. The largest absolute Gasteiger partial charge is 0.0888 e. The Morgan fingerprint density at radius 3 is 2.04 bits per heavy atom. The molecule has 0 N–H and O–H groups in total. The highest BCUT2D eigenvalue weighted by Crippen LogP contribution is 2.48. The van der Waals surface area contributed by atoms with Gasteiger partial charge in [-0.3, -0.25) is 0 Å². The monoisotopic (exact) mass is 623 g/mol. The molecule has 1 aliphatic heterocycles. The van der Waals surface area contributed by atoms with Gasteiger partial charge in [-0.1, -0.05) is 151 Å². The van der Waals surface area contributed by atoms with Crippen molar-refractivity contribution in [3.63, 3.8) is 0 Å². The van der Waals surface area contributed by atoms with Crippen LogP contribution >= 0.6 is 11.8 Å². The van der Waals surface area contributed by atoms with E-state index in [1.54, 1.807) is 11.8 Å². The number of hydrogen-bond donors (Lipinski definition) is 0. The Morgan fingerprint density at radius 1 is 0.447 bits per heavy atom. The summed E-state index contributed by atoms with van der Waals surface area (Å²) < 4.78 is 80.2. The van der Waals surface area contributed by atoms with E-state index in [-0.39, 0.29) is 75.0 Å². The van der Waals surface area contributed by atoms with E-state index < -0.39 is 18.1 Å². The number of rotatable bonds is 5. The fourth-order valence-corrected chi connectivity index (χ4v) is 8.30. The topological polar surface area (TPSA) is 0 Å². The summed E-state index contributed by atoms with van der Waals surface area (Å²) in [5.41, 5.74) is 7.76. The summed E-state index contributed by atoms with van der Waals surface area (Å²) in [6.07, 6.45) is 0.770. The Morgan fingerprint density at radius 2 is 1.19 bits per heavy atom. The SMILES string of the molecule is [2H]c1c([2H])c2c([2H])c([2H])c3c([2H])c([2H])c(Cc4cc(Cc5ccc6c(c5)-c5cccc7cccc(c57)S6)cc(-c5ccccc5)c4)c4c([2H])c([2H])c(c1[2H])c2c34. The maximum absolute atomic E-state index is 9.27. The summed E-state index contributed by atoms with van der Waals surface area (Å²) in [6.45, 7) is 0. The molecule has 0 spiro atoms. The van der Waals surface area contributed by atoms with Gasteiger partial charge < -0.3 is 0 Å². The van der Waals surface area contributed by atoms with Gasteiger partial charge in [-0.2, -0.15) is 0 Å². The predicted molar refractivity (Wildman–Crippen MR) is 201 cm³/mol. The lowest BCUT2D eigenvalue weighted by atomic mass is 9.88. The van der Waals surface area contributed by atoms with Crippen molar-refractivity contribution in [2.75, 3.05) is 0 Å². The quantitative estimate of drug-likeness (QED) is 0.172. The number of hydrogen-bond acceptors (Lipinski definition) is 1. The summed E-state index contributed by atoms with van der Waals surface area (Å²) in [7, 11) is 0. The molecule has 0 fully saturated rings. The van der Waals surface area contributed by atoms with Crippen molar-refractivity contribution >= 4 is 54.9 Å². The smallest absolute Gasteiger partial charge is 0.0630 e. The van der Waals surface area contributed by atoms with E-state index in [4.69, 9.17) is 9.60 Å². The molecule has 0 saturated heterocycles. The van der Waals surface area contributed by atoms with Crippen LogP contribution in [0.3, 0.4) is 0 Å². The zero-order valence-electron chi connectivity index (χ0n) is 34.1. The first kappa shape index (κ1) is 19.3. The first-order chi connectivity index (χ1) is 27.0. The molecule has 220 valence electrons. The highest BCUT2D eigenvalue weighted by molar-refractivity contribution is 7.99. The maximum atomic E-state index is 9.27. The minimum Gasteiger partial charge on any atom is -0.0888 e. The van der Waals surface area contributed by atoms with Crippen LogP contribution in [0.1, 0.15) is 34.6 Å². The average Bonchev–Trinajstić information content (AvgIpc) is 3.20. The molecule has 0 aromatic heterocycles. The molecule has 10 rings (SSSR count). The highest BCUT2D eigenvalue weighted by Gasteiger charge is 2.19. The van der Waals surface area contributed by atoms with Crippen LogP contribution in [0.2, 0.25) is 0 Å². The van der Waals surface area contributed by atoms with E-state index in [9.17, 15) is 2.74 Å². The van der Waals surface area contributed by atoms with Crippen molar-refractivity contribution < 1.29 is 12.3 Å². The van der Waals surface area contributed by atoms with Gasteiger partial charge in [0.15, 0.2) is 0 Å². The normalized spacial score (nSPS) is 15.0. The first-order valence-corrected chi connectivity index (χ1v) is 16.5. The van der Waals surface area contributed by atoms with Crippen LogP contribution in [-0.4, -0.2) is 0 Å². The van der Waals surface area contributed by atoms with Crippen molar-refractivity contribution in [3.05, 3.63) is 180 Å². The minimum absolute atomic E-state index is 0.0103. The van der Waals surface area contributed by atoms with Crippen molar-refractivity contribution in [3.8, 4) is 22.3 Å². The summed E-state index contributed by atoms with van der Waals surface area (Å²) >= 11 is 1.79. The molecular weight excluding hydrogens is 585 g/mol. The molecule has 0 saturated carbocycles. The maximum Gasteiger partial charge on any atom is 0.0630 e. The minimum atomic E-state index is -0.478. The van der Waals surface area contributed by atoms with E-state index in [1.165, 1.54) is 31.7 Å². The zero-order valence-corrected chi connectivity index (χ0v) is 26.0. The second-order valence-corrected chi connectivity index (χ2v) is 13.3. The molecular formula is C46H30S. The number of fused-ring (bicyclic) bond motifs is 2. The second kappa shape index (κ2) is 10.6. The number of benzene rings is 9. The van der Waals surface area contributed by atoms with E-state index >= 15 is 0 Å². The van der Waals surface area contributed by atoms with Gasteiger partial charge in [0.1, 0.15) is 0 Å². The van der Waals surface area contributed by atoms with Crippen molar-refractivity contribution in [1.29, 1.82) is 0 Å². The highest BCUT2D eigenvalue weighted by atomic mass is 32.2. The zero-order chi connectivity index (χ0) is 38.7. The van der Waals surface area contributed by atoms with E-state index in [2.05, 4.69) is 72.8 Å². The summed E-state index contributed by atoms with van der Waals surface area (Å²) in [4.78, 5) is 2.47. The van der Waals surface area contributed by atoms with Crippen LogP contribution in [0.4, 0.5) is 0 Å². The Balaban J connectivity index is 1.16. The lowest BCUT2D eigenvalue weighted by Crippen LogP contribution is -1.98. The van der Waals surface area contributed by atoms with Gasteiger partial charge in [-0.15, -0.1) is 0 Å². The molecule has 0 bridgehead atoms. The molecule has 0 unspecified atom stereocenters. The van der Waals surface area contributed by atoms with Gasteiger partial charge >= 0.3 is 0 Å². The van der Waals surface area contributed by atoms with Gasteiger partial charge in [-0.25, -0.2) is 0 Å². The third-order valence-corrected chi connectivity index (χ3v) is 10.4. The molecule has 0 aliphatic carbocycles. The van der Waals surface area contributed by atoms with E-state index in [0.29, 0.717) is 12.0 Å². The Kier molecular flexibility index (Phi) is 4.35. The van der Waals surface area contributed by atoms with Crippen LogP contribution in [0.15, 0.2) is 167 Å². The van der Waals surface area contributed by atoms with Gasteiger partial charge in [0.25, 0.3) is 0 Å². The molecule has 0 atom stereocenters. The standard InChI is InChI=1S/C46H30S/c1-2-7-32(8-3-1)38-26-30(23-29-15-22-42-41(28-29)40-13-5-11-33-12-6-14-43(47-42)45(33)40)24-31(27-38)25-37-19-18-36-17-16-34-9-4-10-35-20-21-39(37)46(36)44(34)35/h1-22,24,26-28H,23,25H2/i4D,9D,10D,16D,17D,18D,19D,20D,21D. The fourth-order valence-electron chi connectivity index (χ4n) is 7.17. The lowest BCUT2D eigenvalue weighted by molar-refractivity contribution is 1.14. The van der Waals surface area contributed by atoms with Crippen LogP contribution in [0.25, 0.3) is 65.3 Å². The molecule has 1 heterocycles. The lowest BCUT2D eigenvalue weighted by Gasteiger charge is -2.21. The molecule has 0 amide bonds. The average molecular weight is 624 g/mol. The van der Waals surface area contributed by atoms with Gasteiger partial charge in [0.05, 0.1) is 12.3 Å². The van der Waals surface area contributed by atoms with Gasteiger partial charge in [-0.05, 0) is 113 Å². The third-order valence-electron chi connectivity index (χ3n) is 9.26. The molecule has 1 aliphatic rings. The molecule has 9 aromatic carbocycles. The molecule has 47 heavy (non-hydrogen) atoms. The van der Waals surface area contributed by atoms with Crippen LogP contribution < -0.4 is 0 Å². The van der Waals surface area contributed by atoms with Crippen LogP contribution in [0, 0.1) is 0 Å². The summed E-state index contributed by atoms with van der Waals surface area (Å²) in [5, 5.41) is 3.00. The van der Waals surface area contributed by atoms with Crippen molar-refractivity contribution in [2.24, 2.45) is 0 Å². The predicted octanol–water partition coefficient (Wildman–Crippen LogP) is 12.7. The third kappa shape index (κ3) is 4.46. The van der Waals surface area contributed by atoms with Crippen LogP contribution in [0.5, 0.6) is 0 Å². The summed E-state index contributed by atoms with van der Waals surface area (Å²) in [5.74, 6) is 0. The van der Waals surface area contributed by atoms with Crippen molar-refractivity contribution in [1.82, 2.24) is 0 Å². The van der Waals surface area contributed by atoms with Gasteiger partial charge in [0, 0.05) is 15.2 Å². The fraction of sp³-hybridized carbons (Fsp3) is 0.0435.